The van der Waals surface area contributed by atoms with Crippen LogP contribution >= 0.6 is 0 Å². The van der Waals surface area contributed by atoms with Crippen molar-refractivity contribution in [3.63, 3.8) is 0 Å². The van der Waals surface area contributed by atoms with Gasteiger partial charge in [-0.3, -0.25) is 0 Å². The highest BCUT2D eigenvalue weighted by molar-refractivity contribution is 5.92. The molecule has 5 aromatic carbocycles. The molecule has 0 heterocycles. The molecule has 3 aliphatic rings. The van der Waals surface area contributed by atoms with Crippen molar-refractivity contribution in [3.05, 3.63) is 201 Å². The lowest BCUT2D eigenvalue weighted by Crippen LogP contribution is -2.22. The van der Waals surface area contributed by atoms with Gasteiger partial charge >= 0.3 is 0 Å². The van der Waals surface area contributed by atoms with Gasteiger partial charge in [-0.25, -0.2) is 0 Å². The predicted octanol–water partition coefficient (Wildman–Crippen LogP) is 15.0. The Bertz CT molecular complexity index is 2600. The number of terminal acetylenes is 1. The third-order valence-electron chi connectivity index (χ3n) is 13.1. The summed E-state index contributed by atoms with van der Waals surface area (Å²) in [7, 11) is 0. The quantitative estimate of drug-likeness (QED) is 0.143. The van der Waals surface area contributed by atoms with E-state index in [1.807, 2.05) is 0 Å². The van der Waals surface area contributed by atoms with E-state index in [9.17, 15) is 0 Å². The SMILES string of the molecule is C#CC1=C(/C=C(\CC)C(C)(C)c2cc(C)ccc2C)C2=C(C=CCC=C2c2ccc(N(c3ccccc3)c3ccc4c(c3)C(C)(C)c3ccccc3-4)cc2)C1(C)C. The summed E-state index contributed by atoms with van der Waals surface area (Å²) in [6.07, 6.45) is 17.7. The Kier molecular flexibility index (Phi) is 9.53. The first-order valence-corrected chi connectivity index (χ1v) is 20.6. The van der Waals surface area contributed by atoms with Crippen LogP contribution in [0, 0.1) is 31.6 Å². The first-order chi connectivity index (χ1) is 27.3. The van der Waals surface area contributed by atoms with Gasteiger partial charge in [0.15, 0.2) is 0 Å². The molecule has 0 bridgehead atoms. The molecule has 0 fully saturated rings. The van der Waals surface area contributed by atoms with E-state index in [0.717, 1.165) is 35.5 Å². The van der Waals surface area contributed by atoms with E-state index in [4.69, 9.17) is 6.42 Å². The number of benzene rings is 5. The fraction of sp³-hybridized carbons (Fsp3) is 0.250. The smallest absolute Gasteiger partial charge is 0.0465 e. The molecule has 5 aromatic rings. The largest absolute Gasteiger partial charge is 0.310 e. The third kappa shape index (κ3) is 6.28. The molecule has 0 saturated carbocycles. The van der Waals surface area contributed by atoms with Crippen LogP contribution in [0.15, 0.2) is 167 Å². The van der Waals surface area contributed by atoms with Crippen molar-refractivity contribution in [2.45, 2.75) is 86.0 Å². The molecule has 0 radical (unpaired) electrons. The van der Waals surface area contributed by atoms with Crippen molar-refractivity contribution in [2.75, 3.05) is 4.90 Å². The van der Waals surface area contributed by atoms with E-state index < -0.39 is 0 Å². The molecule has 8 rings (SSSR count). The van der Waals surface area contributed by atoms with Gasteiger partial charge in [0.25, 0.3) is 0 Å². The van der Waals surface area contributed by atoms with E-state index in [-0.39, 0.29) is 16.2 Å². The highest BCUT2D eigenvalue weighted by Gasteiger charge is 2.40. The molecule has 3 aliphatic carbocycles. The number of fused-ring (bicyclic) bond motifs is 3. The number of rotatable bonds is 8. The van der Waals surface area contributed by atoms with Crippen LogP contribution < -0.4 is 4.90 Å². The molecule has 0 aliphatic heterocycles. The van der Waals surface area contributed by atoms with Gasteiger partial charge in [-0.05, 0) is 124 Å². The summed E-state index contributed by atoms with van der Waals surface area (Å²) >= 11 is 0. The van der Waals surface area contributed by atoms with Crippen LogP contribution in [0.1, 0.15) is 94.7 Å². The molecular weight excluding hydrogens is 687 g/mol. The third-order valence-corrected chi connectivity index (χ3v) is 13.1. The topological polar surface area (TPSA) is 3.24 Å². The van der Waals surface area contributed by atoms with Crippen molar-refractivity contribution in [2.24, 2.45) is 5.41 Å². The van der Waals surface area contributed by atoms with Crippen LogP contribution in [0.2, 0.25) is 0 Å². The molecule has 284 valence electrons. The van der Waals surface area contributed by atoms with Crippen molar-refractivity contribution >= 4 is 22.6 Å². The van der Waals surface area contributed by atoms with Crippen LogP contribution in [-0.4, -0.2) is 0 Å². The average Bonchev–Trinajstić information content (AvgIpc) is 3.41. The maximum atomic E-state index is 6.48. The molecule has 1 nitrogen and oxygen atoms in total. The zero-order valence-corrected chi connectivity index (χ0v) is 35.2. The second kappa shape index (κ2) is 14.3. The van der Waals surface area contributed by atoms with Gasteiger partial charge in [0.1, 0.15) is 0 Å². The Balaban J connectivity index is 1.22. The normalized spacial score (nSPS) is 16.8. The van der Waals surface area contributed by atoms with Crippen LogP contribution in [-0.2, 0) is 10.8 Å². The van der Waals surface area contributed by atoms with E-state index in [1.54, 1.807) is 0 Å². The van der Waals surface area contributed by atoms with Crippen molar-refractivity contribution in [1.82, 2.24) is 0 Å². The standard InChI is InChI=1S/C56H55N/c1-11-40(54(5,6)51-34-37(3)26-27-38(51)4)35-47-48(12-2)55(7,8)50-25-19-16-22-44(53(47)50)39-28-30-42(31-29-39)57(41-20-14-13-15-21-41)43-32-33-46-45-23-17-18-24-49(45)56(9,10)52(46)36-43/h2,13-15,17-36H,11,16H2,1,3-10H3/b40-35+. The number of nitrogens with zero attached hydrogens (tertiary/aromatic N) is 1. The number of anilines is 3. The lowest BCUT2D eigenvalue weighted by atomic mass is 9.73. The highest BCUT2D eigenvalue weighted by atomic mass is 15.1. The summed E-state index contributed by atoms with van der Waals surface area (Å²) in [6.45, 7) is 20.7. The molecule has 57 heavy (non-hydrogen) atoms. The Morgan fingerprint density at radius 2 is 1.42 bits per heavy atom. The molecular formula is C56H55N. The first kappa shape index (κ1) is 38.1. The Hall–Kier alpha value is -5.84. The molecule has 0 atom stereocenters. The summed E-state index contributed by atoms with van der Waals surface area (Å²) < 4.78 is 0. The number of aryl methyl sites for hydroxylation is 2. The van der Waals surface area contributed by atoms with Gasteiger partial charge in [-0.2, -0.15) is 0 Å². The summed E-state index contributed by atoms with van der Waals surface area (Å²) in [6, 6.07) is 42.6. The van der Waals surface area contributed by atoms with E-state index in [2.05, 4.69) is 213 Å². The molecule has 1 heteroatoms. The summed E-state index contributed by atoms with van der Waals surface area (Å²) in [5.41, 5.74) is 20.9. The average molecular weight is 742 g/mol. The fourth-order valence-corrected chi connectivity index (χ4v) is 9.90. The Labute approximate surface area is 341 Å². The van der Waals surface area contributed by atoms with E-state index in [0.29, 0.717) is 0 Å². The number of hydrogen-bond acceptors (Lipinski definition) is 1. The predicted molar refractivity (Wildman–Crippen MR) is 244 cm³/mol. The van der Waals surface area contributed by atoms with Gasteiger partial charge in [0, 0.05) is 38.9 Å². The molecule has 0 amide bonds. The Morgan fingerprint density at radius 3 is 2.14 bits per heavy atom. The second-order valence-electron chi connectivity index (χ2n) is 17.7. The van der Waals surface area contributed by atoms with Crippen LogP contribution in [0.5, 0.6) is 0 Å². The van der Waals surface area contributed by atoms with Gasteiger partial charge in [0.2, 0.25) is 0 Å². The highest BCUT2D eigenvalue weighted by Crippen LogP contribution is 2.54. The summed E-state index contributed by atoms with van der Waals surface area (Å²) in [4.78, 5) is 2.39. The zero-order valence-electron chi connectivity index (χ0n) is 35.2. The number of hydrogen-bond donors (Lipinski definition) is 0. The van der Waals surface area contributed by atoms with Crippen LogP contribution in [0.4, 0.5) is 17.1 Å². The minimum atomic E-state index is -0.302. The minimum Gasteiger partial charge on any atom is -0.310 e. The van der Waals surface area contributed by atoms with Gasteiger partial charge in [0.05, 0.1) is 0 Å². The zero-order chi connectivity index (χ0) is 40.3. The monoisotopic (exact) mass is 741 g/mol. The number of allylic oxidation sites excluding steroid dienone is 10. The molecule has 0 aromatic heterocycles. The Morgan fingerprint density at radius 1 is 0.754 bits per heavy atom. The van der Waals surface area contributed by atoms with Crippen molar-refractivity contribution < 1.29 is 0 Å². The minimum absolute atomic E-state index is 0.0860. The number of para-hydroxylation sites is 1. The van der Waals surface area contributed by atoms with Gasteiger partial charge in [-0.1, -0.05) is 169 Å². The molecule has 0 saturated heterocycles. The van der Waals surface area contributed by atoms with Crippen molar-refractivity contribution in [3.8, 4) is 23.5 Å². The van der Waals surface area contributed by atoms with Gasteiger partial charge in [-0.15, -0.1) is 6.42 Å². The molecule has 0 N–H and O–H groups in total. The second-order valence-corrected chi connectivity index (χ2v) is 17.7. The van der Waals surface area contributed by atoms with Gasteiger partial charge < -0.3 is 4.90 Å². The molecule has 0 unspecified atom stereocenters. The lowest BCUT2D eigenvalue weighted by Gasteiger charge is -2.31. The summed E-state index contributed by atoms with van der Waals surface area (Å²) in [5.74, 6) is 3.21. The molecule has 0 spiro atoms. The maximum Gasteiger partial charge on any atom is 0.0465 e. The van der Waals surface area contributed by atoms with Crippen molar-refractivity contribution in [1.29, 1.82) is 0 Å². The fourth-order valence-electron chi connectivity index (χ4n) is 9.90. The van der Waals surface area contributed by atoms with Crippen LogP contribution in [0.25, 0.3) is 16.7 Å². The van der Waals surface area contributed by atoms with Crippen LogP contribution in [0.3, 0.4) is 0 Å². The lowest BCUT2D eigenvalue weighted by molar-refractivity contribution is 0.579. The maximum absolute atomic E-state index is 6.48. The van der Waals surface area contributed by atoms with E-state index in [1.165, 1.54) is 72.4 Å². The first-order valence-electron chi connectivity index (χ1n) is 20.6. The summed E-state index contributed by atoms with van der Waals surface area (Å²) in [5, 5.41) is 0. The van der Waals surface area contributed by atoms with E-state index >= 15 is 0 Å².